The first-order valence-electron chi connectivity index (χ1n) is 18.3. The predicted molar refractivity (Wildman–Crippen MR) is 186 cm³/mol. The molecule has 1 aliphatic carbocycles. The lowest BCUT2D eigenvalue weighted by atomic mass is 9.90. The summed E-state index contributed by atoms with van der Waals surface area (Å²) in [7, 11) is 0. The Morgan fingerprint density at radius 1 is 0.638 bits per heavy atom. The Bertz CT molecular complexity index is 1120. The smallest absolute Gasteiger partial charge is 0.343 e. The Hall–Kier alpha value is -3.03. The van der Waals surface area contributed by atoms with Gasteiger partial charge in [-0.25, -0.2) is 4.79 Å². The maximum atomic E-state index is 12.6. The Morgan fingerprint density at radius 2 is 1.15 bits per heavy atom. The summed E-state index contributed by atoms with van der Waals surface area (Å²) in [6.45, 7) is 7.47. The molecule has 1 saturated heterocycles. The second-order valence-corrected chi connectivity index (χ2v) is 13.0. The van der Waals surface area contributed by atoms with Crippen LogP contribution in [-0.4, -0.2) is 51.2 Å². The molecule has 1 heterocycles. The summed E-state index contributed by atoms with van der Waals surface area (Å²) < 4.78 is 33.9. The van der Waals surface area contributed by atoms with Crippen LogP contribution in [0.25, 0.3) is 0 Å². The highest BCUT2D eigenvalue weighted by molar-refractivity contribution is 5.91. The van der Waals surface area contributed by atoms with E-state index in [-0.39, 0.29) is 0 Å². The third-order valence-electron chi connectivity index (χ3n) is 9.09. The molecule has 3 unspecified atom stereocenters. The molecular weight excluding hydrogens is 592 g/mol. The van der Waals surface area contributed by atoms with Crippen molar-refractivity contribution in [3.63, 3.8) is 0 Å². The van der Waals surface area contributed by atoms with Gasteiger partial charge in [0.1, 0.15) is 17.2 Å². The van der Waals surface area contributed by atoms with E-state index in [2.05, 4.69) is 6.58 Å². The van der Waals surface area contributed by atoms with Crippen LogP contribution >= 0.6 is 0 Å². The summed E-state index contributed by atoms with van der Waals surface area (Å²) in [6.07, 6.45) is 23.2. The maximum absolute atomic E-state index is 12.6. The van der Waals surface area contributed by atoms with Crippen molar-refractivity contribution >= 4 is 5.97 Å². The molecule has 4 rings (SSSR count). The minimum Gasteiger partial charge on any atom is -0.502 e. The van der Waals surface area contributed by atoms with Crippen LogP contribution in [0.1, 0.15) is 120 Å². The number of carbonyl (C=O) groups is 1. The third kappa shape index (κ3) is 15.6. The van der Waals surface area contributed by atoms with Crippen molar-refractivity contribution in [1.29, 1.82) is 0 Å². The zero-order valence-electron chi connectivity index (χ0n) is 28.5. The number of hydrogen-bond acceptors (Lipinski definition) is 7. The minimum atomic E-state index is -0.392. The summed E-state index contributed by atoms with van der Waals surface area (Å²) in [4.78, 5) is 12.6. The molecule has 7 nitrogen and oxygen atoms in total. The molecule has 1 saturated carbocycles. The van der Waals surface area contributed by atoms with Gasteiger partial charge in [0.2, 0.25) is 0 Å². The Labute approximate surface area is 283 Å². The molecule has 0 aromatic heterocycles. The van der Waals surface area contributed by atoms with Crippen LogP contribution in [0.2, 0.25) is 0 Å². The first kappa shape index (κ1) is 36.8. The fourth-order valence-corrected chi connectivity index (χ4v) is 6.17. The number of hydrogen-bond donors (Lipinski definition) is 0. The second-order valence-electron chi connectivity index (χ2n) is 13.0. The Balaban J connectivity index is 0.925. The first-order valence-corrected chi connectivity index (χ1v) is 18.3. The molecule has 2 fully saturated rings. The van der Waals surface area contributed by atoms with Gasteiger partial charge in [-0.2, -0.15) is 0 Å². The van der Waals surface area contributed by atoms with Crippen LogP contribution in [0, 0.1) is 5.92 Å². The van der Waals surface area contributed by atoms with Gasteiger partial charge in [0, 0.05) is 13.2 Å². The zero-order valence-corrected chi connectivity index (χ0v) is 28.5. The van der Waals surface area contributed by atoms with Gasteiger partial charge in [0.15, 0.2) is 0 Å². The minimum absolute atomic E-state index is 0.392. The van der Waals surface area contributed by atoms with Crippen LogP contribution in [0.3, 0.4) is 0 Å². The lowest BCUT2D eigenvalue weighted by Gasteiger charge is -2.18. The number of rotatable bonds is 27. The number of carbonyl (C=O) groups excluding carboxylic acids is 1. The van der Waals surface area contributed by atoms with Crippen molar-refractivity contribution in [3.8, 4) is 17.2 Å². The summed E-state index contributed by atoms with van der Waals surface area (Å²) in [5, 5.41) is 0. The number of unbranched alkanes of at least 4 members (excludes halogenated alkanes) is 12. The van der Waals surface area contributed by atoms with E-state index in [1.165, 1.54) is 83.3 Å². The van der Waals surface area contributed by atoms with Crippen molar-refractivity contribution in [2.75, 3.05) is 33.0 Å². The molecule has 2 aromatic rings. The number of benzene rings is 2. The Kier molecular flexibility index (Phi) is 17.6. The number of epoxide rings is 1. The van der Waals surface area contributed by atoms with E-state index in [1.54, 1.807) is 24.3 Å². The summed E-state index contributed by atoms with van der Waals surface area (Å²) >= 11 is 0. The highest BCUT2D eigenvalue weighted by atomic mass is 16.6. The average molecular weight is 651 g/mol. The lowest BCUT2D eigenvalue weighted by Crippen LogP contribution is -2.18. The fourth-order valence-electron chi connectivity index (χ4n) is 6.17. The van der Waals surface area contributed by atoms with Crippen LogP contribution in [-0.2, 0) is 14.2 Å². The SMILES string of the molecule is C=COCCCCCCOc1ccc(OC(=O)c2ccc(OCCCCCCCCCCCCOCC3CCC4OC4C3)cc2)cc1. The summed E-state index contributed by atoms with van der Waals surface area (Å²) in [6, 6.07) is 14.3. The van der Waals surface area contributed by atoms with E-state index >= 15 is 0 Å². The molecule has 0 amide bonds. The average Bonchev–Trinajstić information content (AvgIpc) is 3.88. The van der Waals surface area contributed by atoms with Crippen molar-refractivity contribution < 1.29 is 33.2 Å². The van der Waals surface area contributed by atoms with E-state index in [0.717, 1.165) is 69.3 Å². The number of fused-ring (bicyclic) bond motifs is 1. The lowest BCUT2D eigenvalue weighted by molar-refractivity contribution is 0.0734. The zero-order chi connectivity index (χ0) is 32.8. The van der Waals surface area contributed by atoms with Gasteiger partial charge in [-0.15, -0.1) is 0 Å². The van der Waals surface area contributed by atoms with Gasteiger partial charge in [-0.3, -0.25) is 0 Å². The third-order valence-corrected chi connectivity index (χ3v) is 9.09. The molecule has 0 spiro atoms. The molecule has 3 atom stereocenters. The number of ether oxygens (including phenoxy) is 6. The molecule has 1 aliphatic heterocycles. The topological polar surface area (TPSA) is 75.8 Å². The molecule has 2 aliphatic rings. The monoisotopic (exact) mass is 650 g/mol. The van der Waals surface area contributed by atoms with Crippen LogP contribution in [0.4, 0.5) is 0 Å². The molecule has 47 heavy (non-hydrogen) atoms. The van der Waals surface area contributed by atoms with E-state index in [4.69, 9.17) is 28.4 Å². The highest BCUT2D eigenvalue weighted by Gasteiger charge is 2.43. The molecule has 0 radical (unpaired) electrons. The molecule has 0 bridgehead atoms. The van der Waals surface area contributed by atoms with Crippen molar-refractivity contribution in [3.05, 3.63) is 66.9 Å². The molecule has 2 aromatic carbocycles. The van der Waals surface area contributed by atoms with Crippen molar-refractivity contribution in [1.82, 2.24) is 0 Å². The molecule has 7 heteroatoms. The van der Waals surface area contributed by atoms with Crippen molar-refractivity contribution in [2.45, 2.75) is 121 Å². The standard InChI is InChI=1S/C40H58O7/c1-2-42-27-13-11-12-16-30-45-36-22-24-37(25-23-36)46-40(41)34-18-20-35(21-19-34)44-29-15-10-8-6-4-3-5-7-9-14-28-43-32-33-17-26-38-39(31-33)47-38/h2,18-25,33,38-39H,1,3-17,26-32H2. The molecular formula is C40H58O7. The Morgan fingerprint density at radius 3 is 1.72 bits per heavy atom. The van der Waals surface area contributed by atoms with Crippen LogP contribution in [0.5, 0.6) is 17.2 Å². The van der Waals surface area contributed by atoms with Gasteiger partial charge in [-0.05, 0) is 112 Å². The van der Waals surface area contributed by atoms with Gasteiger partial charge < -0.3 is 28.4 Å². The normalized spacial score (nSPS) is 18.3. The fraction of sp³-hybridized carbons (Fsp3) is 0.625. The molecule has 0 N–H and O–H groups in total. The van der Waals surface area contributed by atoms with Crippen LogP contribution < -0.4 is 14.2 Å². The van der Waals surface area contributed by atoms with Gasteiger partial charge in [0.05, 0.1) is 43.9 Å². The van der Waals surface area contributed by atoms with E-state index in [1.807, 2.05) is 24.3 Å². The molecule has 260 valence electrons. The van der Waals surface area contributed by atoms with Crippen molar-refractivity contribution in [2.24, 2.45) is 5.92 Å². The highest BCUT2D eigenvalue weighted by Crippen LogP contribution is 2.39. The first-order chi connectivity index (χ1) is 23.2. The van der Waals surface area contributed by atoms with Crippen LogP contribution in [0.15, 0.2) is 61.4 Å². The second kappa shape index (κ2) is 22.5. The summed E-state index contributed by atoms with van der Waals surface area (Å²) in [5.74, 6) is 2.37. The van der Waals surface area contributed by atoms with Gasteiger partial charge >= 0.3 is 5.97 Å². The summed E-state index contributed by atoms with van der Waals surface area (Å²) in [5.41, 5.74) is 0.492. The van der Waals surface area contributed by atoms with Gasteiger partial charge in [-0.1, -0.05) is 57.9 Å². The maximum Gasteiger partial charge on any atom is 0.343 e. The predicted octanol–water partition coefficient (Wildman–Crippen LogP) is 9.87. The van der Waals surface area contributed by atoms with E-state index in [9.17, 15) is 4.79 Å². The largest absolute Gasteiger partial charge is 0.502 e. The van der Waals surface area contributed by atoms with E-state index in [0.29, 0.717) is 36.7 Å². The quantitative estimate of drug-likeness (QED) is 0.0313. The van der Waals surface area contributed by atoms with E-state index < -0.39 is 5.97 Å². The van der Waals surface area contributed by atoms with Gasteiger partial charge in [0.25, 0.3) is 0 Å². The number of esters is 1.